The molecule has 10 heavy (non-hydrogen) atoms. The van der Waals surface area contributed by atoms with Crippen LogP contribution in [0.15, 0.2) is 0 Å². The third-order valence-electron chi connectivity index (χ3n) is 0. The average Bonchev–Trinajstić information content (AvgIpc) is 1.41. The Kier molecular flexibility index (Phi) is 142. The minimum atomic E-state index is -1.83. The van der Waals surface area contributed by atoms with Crippen molar-refractivity contribution in [3.8, 4) is 0 Å². The van der Waals surface area contributed by atoms with Gasteiger partial charge in [0.1, 0.15) is 0 Å². The molecule has 0 aliphatic heterocycles. The van der Waals surface area contributed by atoms with Gasteiger partial charge in [0.05, 0.1) is 0 Å². The van der Waals surface area contributed by atoms with Crippen LogP contribution in [0.4, 0.5) is 4.79 Å². The van der Waals surface area contributed by atoms with E-state index in [4.69, 9.17) is 15.0 Å². The van der Waals surface area contributed by atoms with Gasteiger partial charge in [0, 0.05) is 16.8 Å². The molecule has 0 heterocycles. The predicted octanol–water partition coefficient (Wildman–Crippen LogP) is -4.56. The fourth-order valence-electron chi connectivity index (χ4n) is 0. The molecule has 0 aliphatic rings. The van der Waals surface area contributed by atoms with Crippen molar-refractivity contribution in [2.75, 3.05) is 0 Å². The summed E-state index contributed by atoms with van der Waals surface area (Å²) in [4.78, 5) is 8.56. The molecule has 0 aromatic rings. The SMILES string of the molecule is O=C(O)O.[CH3-].[Co].[H-].[K+].[K+].[S]=[Mo]. The molecule has 0 saturated heterocycles. The van der Waals surface area contributed by atoms with Gasteiger partial charge in [0.25, 0.3) is 0 Å². The Labute approximate surface area is 172 Å². The zero-order chi connectivity index (χ0) is 5.58. The van der Waals surface area contributed by atoms with Gasteiger partial charge in [-0.3, -0.25) is 0 Å². The summed E-state index contributed by atoms with van der Waals surface area (Å²) in [6, 6.07) is 0. The molecule has 0 aromatic heterocycles. The third-order valence-corrected chi connectivity index (χ3v) is 0. The fourth-order valence-corrected chi connectivity index (χ4v) is 0. The van der Waals surface area contributed by atoms with Crippen LogP contribution in [0.25, 0.3) is 0 Å². The van der Waals surface area contributed by atoms with Crippen molar-refractivity contribution in [2.24, 2.45) is 0 Å². The van der Waals surface area contributed by atoms with Crippen LogP contribution in [0.5, 0.6) is 0 Å². The first kappa shape index (κ1) is 37.0. The van der Waals surface area contributed by atoms with Crippen LogP contribution < -0.4 is 103 Å². The van der Waals surface area contributed by atoms with E-state index in [2.05, 4.69) is 9.82 Å². The quantitative estimate of drug-likeness (QED) is 0.344. The molecule has 0 amide bonds. The maximum atomic E-state index is 8.56. The first-order chi connectivity index (χ1) is 2.73. The van der Waals surface area contributed by atoms with E-state index in [9.17, 15) is 0 Å². The summed E-state index contributed by atoms with van der Waals surface area (Å²) in [5.41, 5.74) is 0. The summed E-state index contributed by atoms with van der Waals surface area (Å²) in [6.45, 7) is 0. The van der Waals surface area contributed by atoms with E-state index in [0.717, 1.165) is 0 Å². The first-order valence-corrected chi connectivity index (χ1v) is 3.61. The van der Waals surface area contributed by atoms with Crippen LogP contribution in [-0.2, 0) is 34.8 Å². The van der Waals surface area contributed by atoms with E-state index in [1.165, 1.54) is 18.0 Å². The van der Waals surface area contributed by atoms with Gasteiger partial charge in [-0.05, 0) is 0 Å². The molecule has 2 N–H and O–H groups in total. The molecule has 0 aliphatic carbocycles. The number of carboxylic acid groups (broad SMARTS) is 2. The average molecular weight is 343 g/mol. The fraction of sp³-hybridized carbons (Fsp3) is 0. The molecule has 3 nitrogen and oxygen atoms in total. The number of rotatable bonds is 0. The molecule has 0 aromatic carbocycles. The normalized spacial score (nSPS) is 2.80. The van der Waals surface area contributed by atoms with Gasteiger partial charge in [0.2, 0.25) is 0 Å². The van der Waals surface area contributed by atoms with Gasteiger partial charge in [-0.25, -0.2) is 4.79 Å². The van der Waals surface area contributed by atoms with E-state index in [0.29, 0.717) is 0 Å². The molecule has 8 heteroatoms. The van der Waals surface area contributed by atoms with Gasteiger partial charge in [0.15, 0.2) is 0 Å². The van der Waals surface area contributed by atoms with Crippen molar-refractivity contribution in [3.63, 3.8) is 0 Å². The zero-order valence-electron chi connectivity index (χ0n) is 6.95. The summed E-state index contributed by atoms with van der Waals surface area (Å²) in [6.07, 6.45) is -1.83. The second-order valence-electron chi connectivity index (χ2n) is 0.283. The van der Waals surface area contributed by atoms with E-state index in [1.807, 2.05) is 0 Å². The molecule has 0 spiro atoms. The Morgan fingerprint density at radius 1 is 1.30 bits per heavy atom. The summed E-state index contributed by atoms with van der Waals surface area (Å²) < 4.78 is 0. The number of hydrogen-bond acceptors (Lipinski definition) is 2. The van der Waals surface area contributed by atoms with Crippen LogP contribution in [-0.4, -0.2) is 16.4 Å². The molecule has 0 atom stereocenters. The van der Waals surface area contributed by atoms with Crippen molar-refractivity contribution >= 4 is 16.0 Å². The van der Waals surface area contributed by atoms with Crippen molar-refractivity contribution in [1.29, 1.82) is 0 Å². The molecule has 1 radical (unpaired) electrons. The van der Waals surface area contributed by atoms with Gasteiger partial charge in [-0.1, -0.05) is 0 Å². The van der Waals surface area contributed by atoms with Crippen LogP contribution in [0, 0.1) is 7.43 Å². The number of carbonyl (C=O) groups is 1. The summed E-state index contributed by atoms with van der Waals surface area (Å²) in [7, 11) is 4.09. The molecule has 0 bridgehead atoms. The number of hydrogen-bond donors (Lipinski definition) is 2. The van der Waals surface area contributed by atoms with E-state index >= 15 is 0 Å². The zero-order valence-corrected chi connectivity index (χ0v) is 16.1. The van der Waals surface area contributed by atoms with E-state index < -0.39 is 6.16 Å². The standard InChI is InChI=1S/CH2O3.CH3.Co.2K.Mo.S.H/c2-1(3)4;;;;;;;/h(H2,2,3,4);1H3;;;;;;/q;-1;;2*+1;;;-1. The van der Waals surface area contributed by atoms with Gasteiger partial charge in [-0.2, -0.15) is 0 Å². The summed E-state index contributed by atoms with van der Waals surface area (Å²) >= 11 is 1.53. The van der Waals surface area contributed by atoms with E-state index in [-0.39, 0.29) is 128 Å². The van der Waals surface area contributed by atoms with Crippen LogP contribution in [0.2, 0.25) is 0 Å². The van der Waals surface area contributed by atoms with E-state index in [1.54, 1.807) is 0 Å². The molecular formula is C2H6CoK2MoO3S. The Hall–Kier alpha value is 3.96. The predicted molar refractivity (Wildman–Crippen MR) is 25.8 cm³/mol. The summed E-state index contributed by atoms with van der Waals surface area (Å²) in [5, 5.41) is 13.9. The van der Waals surface area contributed by atoms with Gasteiger partial charge >= 0.3 is 137 Å². The monoisotopic (exact) mass is 345 g/mol. The second-order valence-corrected chi connectivity index (χ2v) is 0.283. The van der Waals surface area contributed by atoms with Crippen LogP contribution in [0.1, 0.15) is 1.43 Å². The molecule has 0 rings (SSSR count). The molecule has 55 valence electrons. The Balaban J connectivity index is -0.00000000432. The van der Waals surface area contributed by atoms with Crippen molar-refractivity contribution < 1.29 is 154 Å². The third kappa shape index (κ3) is 91.7. The second kappa shape index (κ2) is 38.3. The Bertz CT molecular complexity index is 60.6. The Morgan fingerprint density at radius 3 is 1.30 bits per heavy atom. The molecule has 0 unspecified atom stereocenters. The van der Waals surface area contributed by atoms with Gasteiger partial charge in [-0.15, -0.1) is 0 Å². The van der Waals surface area contributed by atoms with Gasteiger partial charge < -0.3 is 19.1 Å². The minimum absolute atomic E-state index is 0. The van der Waals surface area contributed by atoms with Crippen LogP contribution >= 0.6 is 9.82 Å². The molecule has 0 saturated carbocycles. The van der Waals surface area contributed by atoms with Crippen molar-refractivity contribution in [2.45, 2.75) is 0 Å². The molecular weight excluding hydrogens is 337 g/mol. The Morgan fingerprint density at radius 2 is 1.30 bits per heavy atom. The first-order valence-electron chi connectivity index (χ1n) is 0.818. The molecule has 0 fully saturated rings. The topological polar surface area (TPSA) is 57.5 Å². The van der Waals surface area contributed by atoms with Crippen molar-refractivity contribution in [1.82, 2.24) is 0 Å². The summed E-state index contributed by atoms with van der Waals surface area (Å²) in [5.74, 6) is 0. The maximum absolute atomic E-state index is 8.56. The van der Waals surface area contributed by atoms with Crippen LogP contribution in [0.3, 0.4) is 0 Å². The van der Waals surface area contributed by atoms with Crippen molar-refractivity contribution in [3.05, 3.63) is 7.43 Å².